The predicted octanol–water partition coefficient (Wildman–Crippen LogP) is 4.21. The molecule has 172 valence electrons. The number of benzene rings is 1. The Morgan fingerprint density at radius 1 is 1.12 bits per heavy atom. The van der Waals surface area contributed by atoms with Gasteiger partial charge in [-0.05, 0) is 61.9 Å². The molecule has 7 heteroatoms. The number of cyclic esters (lactones) is 1. The van der Waals surface area contributed by atoms with Crippen LogP contribution in [-0.2, 0) is 20.8 Å². The SMILES string of the molecule is O=C(CO/N=C1\C=C\CC/C=C/CCOC(=O)c2ccc(O)cc2C1)NC1CCCCC1. The second-order valence-corrected chi connectivity index (χ2v) is 8.15. The number of phenols is 1. The van der Waals surface area contributed by atoms with Crippen LogP contribution in [0.5, 0.6) is 5.75 Å². The number of hydrogen-bond donors (Lipinski definition) is 2. The van der Waals surface area contributed by atoms with Crippen LogP contribution in [0.3, 0.4) is 0 Å². The lowest BCUT2D eigenvalue weighted by Gasteiger charge is -2.22. The van der Waals surface area contributed by atoms with Gasteiger partial charge in [0.25, 0.3) is 5.91 Å². The molecule has 1 aliphatic heterocycles. The molecule has 1 aromatic carbocycles. The fourth-order valence-electron chi connectivity index (χ4n) is 3.88. The highest BCUT2D eigenvalue weighted by Gasteiger charge is 2.17. The molecule has 0 spiro atoms. The van der Waals surface area contributed by atoms with Crippen LogP contribution in [-0.4, -0.2) is 42.0 Å². The van der Waals surface area contributed by atoms with Crippen LogP contribution in [0.2, 0.25) is 0 Å². The molecule has 0 unspecified atom stereocenters. The largest absolute Gasteiger partial charge is 0.508 e. The average Bonchev–Trinajstić information content (AvgIpc) is 2.78. The third-order valence-electron chi connectivity index (χ3n) is 5.52. The Bertz CT molecular complexity index is 869. The summed E-state index contributed by atoms with van der Waals surface area (Å²) in [6.45, 7) is 0.136. The zero-order chi connectivity index (χ0) is 22.6. The van der Waals surface area contributed by atoms with Gasteiger partial charge in [-0.3, -0.25) is 4.79 Å². The smallest absolute Gasteiger partial charge is 0.338 e. The van der Waals surface area contributed by atoms with Crippen molar-refractivity contribution in [1.82, 2.24) is 5.32 Å². The van der Waals surface area contributed by atoms with E-state index in [0.29, 0.717) is 29.9 Å². The fourth-order valence-corrected chi connectivity index (χ4v) is 3.88. The number of aromatic hydroxyl groups is 1. The van der Waals surface area contributed by atoms with Crippen molar-refractivity contribution in [3.8, 4) is 5.75 Å². The Morgan fingerprint density at radius 3 is 2.75 bits per heavy atom. The fraction of sp³-hybridized carbons (Fsp3) is 0.480. The highest BCUT2D eigenvalue weighted by Crippen LogP contribution is 2.20. The summed E-state index contributed by atoms with van der Waals surface area (Å²) >= 11 is 0. The second-order valence-electron chi connectivity index (χ2n) is 8.15. The van der Waals surface area contributed by atoms with Gasteiger partial charge in [-0.25, -0.2) is 4.79 Å². The quantitative estimate of drug-likeness (QED) is 0.415. The number of oxime groups is 1. The first-order chi connectivity index (χ1) is 15.6. The Morgan fingerprint density at radius 2 is 1.91 bits per heavy atom. The Kier molecular flexibility index (Phi) is 9.35. The summed E-state index contributed by atoms with van der Waals surface area (Å²) in [5, 5.41) is 17.1. The summed E-state index contributed by atoms with van der Waals surface area (Å²) in [6.07, 6.45) is 16.0. The minimum absolute atomic E-state index is 0.0525. The highest BCUT2D eigenvalue weighted by atomic mass is 16.6. The van der Waals surface area contributed by atoms with Crippen molar-refractivity contribution in [3.05, 3.63) is 53.6 Å². The van der Waals surface area contributed by atoms with E-state index in [1.54, 1.807) is 6.07 Å². The molecule has 1 fully saturated rings. The van der Waals surface area contributed by atoms with Crippen LogP contribution in [0.4, 0.5) is 0 Å². The van der Waals surface area contributed by atoms with E-state index in [4.69, 9.17) is 9.57 Å². The number of nitrogens with one attached hydrogen (secondary N) is 1. The average molecular weight is 441 g/mol. The first-order valence-electron chi connectivity index (χ1n) is 11.4. The van der Waals surface area contributed by atoms with Gasteiger partial charge < -0.3 is 20.0 Å². The summed E-state index contributed by atoms with van der Waals surface area (Å²) in [7, 11) is 0. The molecule has 32 heavy (non-hydrogen) atoms. The maximum Gasteiger partial charge on any atom is 0.338 e. The third-order valence-corrected chi connectivity index (χ3v) is 5.52. The van der Waals surface area contributed by atoms with Crippen molar-refractivity contribution < 1.29 is 24.3 Å². The molecular weight excluding hydrogens is 408 g/mol. The minimum Gasteiger partial charge on any atom is -0.508 e. The van der Waals surface area contributed by atoms with Gasteiger partial charge in [0.1, 0.15) is 5.75 Å². The third kappa shape index (κ3) is 7.87. The first kappa shape index (κ1) is 23.6. The molecule has 1 aromatic rings. The Labute approximate surface area is 189 Å². The standard InChI is InChI=1S/C25H32N2O5/c28-22-13-14-23-19(17-22)16-21(12-6-3-1-2-4-9-15-31-25(23)30)27-32-18-24(29)26-20-10-7-5-8-11-20/h2,4,6,12-14,17,20,28H,1,3,5,7-11,15-16,18H2,(H,26,29)/b4-2+,12-6+,27-21+. The molecular formula is C25H32N2O5. The van der Waals surface area contributed by atoms with Crippen LogP contribution < -0.4 is 5.32 Å². The van der Waals surface area contributed by atoms with Crippen molar-refractivity contribution in [1.29, 1.82) is 0 Å². The van der Waals surface area contributed by atoms with Crippen molar-refractivity contribution >= 4 is 17.6 Å². The van der Waals surface area contributed by atoms with Gasteiger partial charge in [0, 0.05) is 12.5 Å². The van der Waals surface area contributed by atoms with Crippen molar-refractivity contribution in [2.75, 3.05) is 13.2 Å². The molecule has 0 saturated heterocycles. The lowest BCUT2D eigenvalue weighted by atomic mass is 9.95. The number of esters is 1. The number of allylic oxidation sites excluding steroid dienone is 3. The van der Waals surface area contributed by atoms with Crippen LogP contribution in [0.1, 0.15) is 67.3 Å². The molecule has 1 heterocycles. The van der Waals surface area contributed by atoms with Crippen LogP contribution in [0.15, 0.2) is 47.7 Å². The van der Waals surface area contributed by atoms with E-state index in [9.17, 15) is 14.7 Å². The molecule has 0 bridgehead atoms. The molecule has 2 aliphatic rings. The first-order valence-corrected chi connectivity index (χ1v) is 11.4. The molecule has 1 amide bonds. The Hall–Kier alpha value is -3.09. The second kappa shape index (κ2) is 12.7. The van der Waals surface area contributed by atoms with E-state index in [2.05, 4.69) is 16.5 Å². The van der Waals surface area contributed by atoms with Crippen LogP contribution in [0.25, 0.3) is 0 Å². The molecule has 3 rings (SSSR count). The number of nitrogens with zero attached hydrogens (tertiary/aromatic N) is 1. The van der Waals surface area contributed by atoms with Crippen LogP contribution >= 0.6 is 0 Å². The Balaban J connectivity index is 1.70. The van der Waals surface area contributed by atoms with E-state index in [1.165, 1.54) is 18.6 Å². The molecule has 0 atom stereocenters. The summed E-state index contributed by atoms with van der Waals surface area (Å²) in [4.78, 5) is 30.1. The van der Waals surface area contributed by atoms with Crippen molar-refractivity contribution in [3.63, 3.8) is 0 Å². The van der Waals surface area contributed by atoms with E-state index in [0.717, 1.165) is 38.5 Å². The van der Waals surface area contributed by atoms with Gasteiger partial charge in [0.2, 0.25) is 0 Å². The molecule has 7 nitrogen and oxygen atoms in total. The van der Waals surface area contributed by atoms with Gasteiger partial charge in [0.05, 0.1) is 17.9 Å². The molecule has 1 saturated carbocycles. The zero-order valence-electron chi connectivity index (χ0n) is 18.4. The normalized spacial score (nSPS) is 21.6. The number of hydrogen-bond acceptors (Lipinski definition) is 6. The van der Waals surface area contributed by atoms with Gasteiger partial charge in [-0.2, -0.15) is 0 Å². The topological polar surface area (TPSA) is 97.2 Å². The van der Waals surface area contributed by atoms with Gasteiger partial charge in [-0.15, -0.1) is 0 Å². The maximum atomic E-state index is 12.5. The van der Waals surface area contributed by atoms with E-state index < -0.39 is 5.97 Å². The summed E-state index contributed by atoms with van der Waals surface area (Å²) in [5.41, 5.74) is 1.51. The summed E-state index contributed by atoms with van der Waals surface area (Å²) in [6, 6.07) is 4.76. The van der Waals surface area contributed by atoms with E-state index in [1.807, 2.05) is 18.2 Å². The summed E-state index contributed by atoms with van der Waals surface area (Å²) in [5.74, 6) is -0.573. The maximum absolute atomic E-state index is 12.5. The van der Waals surface area contributed by atoms with Crippen LogP contribution in [0, 0.1) is 0 Å². The molecule has 0 aromatic heterocycles. The number of ether oxygens (including phenoxy) is 1. The predicted molar refractivity (Wildman–Crippen MR) is 123 cm³/mol. The molecule has 1 aliphatic carbocycles. The number of carbonyl (C=O) groups excluding carboxylic acids is 2. The van der Waals surface area contributed by atoms with Crippen molar-refractivity contribution in [2.24, 2.45) is 5.16 Å². The summed E-state index contributed by atoms with van der Waals surface area (Å²) < 4.78 is 5.36. The lowest BCUT2D eigenvalue weighted by Crippen LogP contribution is -2.38. The van der Waals surface area contributed by atoms with Gasteiger partial charge in [0.15, 0.2) is 6.61 Å². The number of amides is 1. The zero-order valence-corrected chi connectivity index (χ0v) is 18.4. The van der Waals surface area contributed by atoms with Gasteiger partial charge in [-0.1, -0.05) is 42.6 Å². The van der Waals surface area contributed by atoms with E-state index in [-0.39, 0.29) is 30.7 Å². The monoisotopic (exact) mass is 440 g/mol. The number of carbonyl (C=O) groups is 2. The minimum atomic E-state index is -0.443. The molecule has 0 radical (unpaired) electrons. The molecule has 2 N–H and O–H groups in total. The number of fused-ring (bicyclic) bond motifs is 1. The highest BCUT2D eigenvalue weighted by molar-refractivity contribution is 5.99. The van der Waals surface area contributed by atoms with E-state index >= 15 is 0 Å². The number of rotatable bonds is 4. The van der Waals surface area contributed by atoms with Crippen molar-refractivity contribution in [2.45, 2.75) is 63.8 Å². The number of phenolic OH excluding ortho intramolecular Hbond substituents is 1. The van der Waals surface area contributed by atoms with Gasteiger partial charge >= 0.3 is 5.97 Å². The lowest BCUT2D eigenvalue weighted by molar-refractivity contribution is -0.126.